The Hall–Kier alpha value is -2.78. The number of furan rings is 1. The number of ether oxygens (including phenoxy) is 1. The van der Waals surface area contributed by atoms with Gasteiger partial charge in [-0.05, 0) is 99.2 Å². The van der Waals surface area contributed by atoms with Gasteiger partial charge in [0.05, 0.1) is 19.3 Å². The number of benzene rings is 1. The van der Waals surface area contributed by atoms with Crippen LogP contribution in [0.1, 0.15) is 110 Å². The molecule has 0 radical (unpaired) electrons. The van der Waals surface area contributed by atoms with E-state index in [2.05, 4.69) is 16.4 Å². The lowest BCUT2D eigenvalue weighted by molar-refractivity contribution is 0.188. The molecule has 2 aromatic heterocycles. The van der Waals surface area contributed by atoms with Crippen LogP contribution in [-0.4, -0.2) is 52.6 Å². The van der Waals surface area contributed by atoms with Crippen LogP contribution in [-0.2, 0) is 38.7 Å². The largest absolute Gasteiger partial charge is 0.504 e. The van der Waals surface area contributed by atoms with Crippen molar-refractivity contribution in [1.82, 2.24) is 10.3 Å². The van der Waals surface area contributed by atoms with E-state index in [0.29, 0.717) is 30.7 Å². The van der Waals surface area contributed by atoms with Gasteiger partial charge < -0.3 is 40.5 Å². The van der Waals surface area contributed by atoms with E-state index in [1.807, 2.05) is 25.1 Å². The number of hydrogen-bond donors (Lipinski definition) is 6. The highest BCUT2D eigenvalue weighted by molar-refractivity contribution is 5.42. The molecule has 0 aliphatic heterocycles. The minimum Gasteiger partial charge on any atom is -0.504 e. The van der Waals surface area contributed by atoms with Crippen LogP contribution in [0.25, 0.3) is 0 Å². The highest BCUT2D eigenvalue weighted by atomic mass is 16.5. The maximum Gasteiger partial charge on any atom is 0.161 e. The van der Waals surface area contributed by atoms with Crippen molar-refractivity contribution in [3.63, 3.8) is 0 Å². The number of nitrogens with one attached hydrogen (secondary N) is 2. The lowest BCUT2D eigenvalue weighted by atomic mass is 9.81. The number of aryl methyl sites for hydroxylation is 4. The zero-order valence-electron chi connectivity index (χ0n) is 27.9. The summed E-state index contributed by atoms with van der Waals surface area (Å²) in [7, 11) is 0. The van der Waals surface area contributed by atoms with Crippen LogP contribution >= 0.6 is 0 Å². The zero-order valence-corrected chi connectivity index (χ0v) is 27.9. The van der Waals surface area contributed by atoms with E-state index >= 15 is 0 Å². The molecule has 4 atom stereocenters. The van der Waals surface area contributed by atoms with Gasteiger partial charge in [0.2, 0.25) is 0 Å². The molecule has 1 aromatic carbocycles. The van der Waals surface area contributed by atoms with Crippen LogP contribution in [0.4, 0.5) is 0 Å². The van der Waals surface area contributed by atoms with Crippen LogP contribution in [0.5, 0.6) is 11.5 Å². The van der Waals surface area contributed by atoms with E-state index in [4.69, 9.17) is 14.9 Å². The number of phenolic OH excluding ortho intramolecular Hbond substituents is 1. The van der Waals surface area contributed by atoms with Crippen molar-refractivity contribution < 1.29 is 24.5 Å². The normalized spacial score (nSPS) is 20.0. The highest BCUT2D eigenvalue weighted by Crippen LogP contribution is 2.47. The quantitative estimate of drug-likeness (QED) is 0.0879. The molecule has 0 saturated heterocycles. The molecule has 7 N–H and O–H groups in total. The molecule has 2 aliphatic rings. The number of aliphatic hydroxyl groups is 2. The van der Waals surface area contributed by atoms with E-state index in [0.717, 1.165) is 93.0 Å². The molecule has 2 heterocycles. The second-order valence-corrected chi connectivity index (χ2v) is 13.8. The third-order valence-corrected chi connectivity index (χ3v) is 10.2. The van der Waals surface area contributed by atoms with Crippen LogP contribution in [0, 0.1) is 11.8 Å². The van der Waals surface area contributed by atoms with Gasteiger partial charge in [-0.25, -0.2) is 0 Å². The molecule has 2 aliphatic carbocycles. The molecule has 3 aromatic rings. The summed E-state index contributed by atoms with van der Waals surface area (Å²) in [6.07, 6.45) is 14.7. The summed E-state index contributed by atoms with van der Waals surface area (Å²) < 4.78 is 12.3. The SMILES string of the molecule is C[C@H](O)CNC[C@@H]1c2cc(CCOc3cc(CCc4cc(CO)c(CCCCCCCN)o4)ccc3O)[nH]c2CC[C@H]2CCC[C@@H]21. The maximum atomic E-state index is 10.5. The lowest BCUT2D eigenvalue weighted by Gasteiger charge is -2.27. The second kappa shape index (κ2) is 17.4. The number of phenols is 1. The molecular weight excluding hydrogens is 578 g/mol. The summed E-state index contributed by atoms with van der Waals surface area (Å²) in [5.74, 6) is 4.42. The molecule has 8 nitrogen and oxygen atoms in total. The number of aromatic nitrogens is 1. The molecule has 0 amide bonds. The minimum absolute atomic E-state index is 0.00532. The first-order valence-electron chi connectivity index (χ1n) is 17.9. The second-order valence-electron chi connectivity index (χ2n) is 13.8. The highest BCUT2D eigenvalue weighted by Gasteiger charge is 2.38. The molecular formula is C38H57N3O5. The van der Waals surface area contributed by atoms with Crippen molar-refractivity contribution in [1.29, 1.82) is 0 Å². The Labute approximate surface area is 275 Å². The van der Waals surface area contributed by atoms with Crippen molar-refractivity contribution in [2.75, 3.05) is 26.2 Å². The van der Waals surface area contributed by atoms with Gasteiger partial charge >= 0.3 is 0 Å². The zero-order chi connectivity index (χ0) is 32.3. The number of rotatable bonds is 19. The summed E-state index contributed by atoms with van der Waals surface area (Å²) in [5.41, 5.74) is 11.5. The van der Waals surface area contributed by atoms with Gasteiger partial charge in [-0.1, -0.05) is 38.2 Å². The van der Waals surface area contributed by atoms with Gasteiger partial charge in [-0.3, -0.25) is 0 Å². The van der Waals surface area contributed by atoms with Crippen LogP contribution in [0.15, 0.2) is 34.7 Å². The van der Waals surface area contributed by atoms with Crippen LogP contribution in [0.2, 0.25) is 0 Å². The van der Waals surface area contributed by atoms with Gasteiger partial charge in [-0.2, -0.15) is 0 Å². The molecule has 1 fully saturated rings. The van der Waals surface area contributed by atoms with E-state index in [1.165, 1.54) is 55.5 Å². The van der Waals surface area contributed by atoms with Crippen molar-refractivity contribution >= 4 is 0 Å². The van der Waals surface area contributed by atoms with Crippen molar-refractivity contribution in [3.05, 3.63) is 69.9 Å². The van der Waals surface area contributed by atoms with Crippen LogP contribution < -0.4 is 15.8 Å². The molecule has 0 spiro atoms. The van der Waals surface area contributed by atoms with E-state index in [-0.39, 0.29) is 18.5 Å². The number of nitrogens with two attached hydrogens (primary N) is 1. The van der Waals surface area contributed by atoms with Crippen LogP contribution in [0.3, 0.4) is 0 Å². The molecule has 0 unspecified atom stereocenters. The van der Waals surface area contributed by atoms with E-state index < -0.39 is 0 Å². The third kappa shape index (κ3) is 9.40. The lowest BCUT2D eigenvalue weighted by Crippen LogP contribution is -2.32. The van der Waals surface area contributed by atoms with E-state index in [9.17, 15) is 15.3 Å². The summed E-state index contributed by atoms with van der Waals surface area (Å²) in [6, 6.07) is 9.91. The Morgan fingerprint density at radius 3 is 2.70 bits per heavy atom. The standard InChI is InChI=1S/C38H57N3O5/c1-26(43)23-40-24-34-32-9-7-8-28(32)13-15-35-33(34)22-30(41-35)17-19-45-38-20-27(12-16-36(38)44)11-14-31-21-29(25-42)37(46-31)10-5-3-2-4-6-18-39/h12,16,20-22,26,28,32,34,40-44H,2-11,13-15,17-19,23-25,39H2,1H3/t26-,28+,32-,34-/m0/s1. The third-order valence-electron chi connectivity index (χ3n) is 10.2. The maximum absolute atomic E-state index is 10.5. The van der Waals surface area contributed by atoms with Gasteiger partial charge in [0.1, 0.15) is 11.5 Å². The predicted octanol–water partition coefficient (Wildman–Crippen LogP) is 6.08. The van der Waals surface area contributed by atoms with Gasteiger partial charge in [0.15, 0.2) is 11.5 Å². The first-order chi connectivity index (χ1) is 22.4. The molecule has 46 heavy (non-hydrogen) atoms. The summed E-state index contributed by atoms with van der Waals surface area (Å²) >= 11 is 0. The Balaban J connectivity index is 1.14. The average Bonchev–Trinajstić information content (AvgIpc) is 3.77. The van der Waals surface area contributed by atoms with Gasteiger partial charge in [-0.15, -0.1) is 0 Å². The number of H-pyrrole nitrogens is 1. The number of aromatic amines is 1. The monoisotopic (exact) mass is 635 g/mol. The fourth-order valence-electron chi connectivity index (χ4n) is 7.80. The fraction of sp³-hybridized carbons (Fsp3) is 0.632. The molecule has 5 rings (SSSR count). The van der Waals surface area contributed by atoms with E-state index in [1.54, 1.807) is 6.07 Å². The number of hydrogen-bond acceptors (Lipinski definition) is 7. The molecule has 8 heteroatoms. The smallest absolute Gasteiger partial charge is 0.161 e. The summed E-state index contributed by atoms with van der Waals surface area (Å²) in [6.45, 7) is 4.59. The predicted molar refractivity (Wildman–Crippen MR) is 182 cm³/mol. The number of unbranched alkanes of at least 4 members (excludes halogenated alkanes) is 4. The summed E-state index contributed by atoms with van der Waals surface area (Å²) in [5, 5.41) is 33.7. The van der Waals surface area contributed by atoms with Crippen molar-refractivity contribution in [3.8, 4) is 11.5 Å². The first kappa shape index (κ1) is 34.6. The number of aromatic hydroxyl groups is 1. The Morgan fingerprint density at radius 1 is 1.02 bits per heavy atom. The molecule has 0 bridgehead atoms. The molecule has 254 valence electrons. The first-order valence-corrected chi connectivity index (χ1v) is 17.9. The van der Waals surface area contributed by atoms with Gasteiger partial charge in [0, 0.05) is 55.2 Å². The number of fused-ring (bicyclic) bond motifs is 2. The topological polar surface area (TPSA) is 137 Å². The van der Waals surface area contributed by atoms with Gasteiger partial charge in [0.25, 0.3) is 0 Å². The average molecular weight is 636 g/mol. The Bertz CT molecular complexity index is 1350. The number of aliphatic hydroxyl groups excluding tert-OH is 2. The van der Waals surface area contributed by atoms with Crippen molar-refractivity contribution in [2.24, 2.45) is 17.6 Å². The summed E-state index contributed by atoms with van der Waals surface area (Å²) in [4.78, 5) is 3.73. The molecule has 1 saturated carbocycles. The Morgan fingerprint density at radius 2 is 1.87 bits per heavy atom. The fourth-order valence-corrected chi connectivity index (χ4v) is 7.80. The van der Waals surface area contributed by atoms with Crippen molar-refractivity contribution in [2.45, 2.75) is 115 Å². The minimum atomic E-state index is -0.340. The Kier molecular flexibility index (Phi) is 13.1.